The molecule has 0 saturated carbocycles. The van der Waals surface area contributed by atoms with Crippen molar-refractivity contribution in [3.8, 4) is 28.3 Å². The summed E-state index contributed by atoms with van der Waals surface area (Å²) in [5.41, 5.74) is 11.4. The second-order valence-electron chi connectivity index (χ2n) is 14.0. The van der Waals surface area contributed by atoms with E-state index < -0.39 is 0 Å². The van der Waals surface area contributed by atoms with Gasteiger partial charge in [0.25, 0.3) is 0 Å². The van der Waals surface area contributed by atoms with Crippen molar-refractivity contribution in [1.82, 2.24) is 9.55 Å². The lowest BCUT2D eigenvalue weighted by Crippen LogP contribution is -2.10. The molecule has 4 heteroatoms. The molecule has 0 unspecified atom stereocenters. The maximum absolute atomic E-state index is 6.44. The van der Waals surface area contributed by atoms with Crippen molar-refractivity contribution in [2.45, 2.75) is 0 Å². The van der Waals surface area contributed by atoms with Crippen LogP contribution in [0.1, 0.15) is 0 Å². The lowest BCUT2D eigenvalue weighted by Gasteiger charge is -2.26. The van der Waals surface area contributed by atoms with E-state index >= 15 is 0 Å². The molecule has 0 bridgehead atoms. The Hall–Kier alpha value is -7.43. The van der Waals surface area contributed by atoms with Gasteiger partial charge in [-0.15, -0.1) is 0 Å². The third-order valence-corrected chi connectivity index (χ3v) is 10.7. The highest BCUT2D eigenvalue weighted by Crippen LogP contribution is 2.43. The van der Waals surface area contributed by atoms with E-state index in [1.54, 1.807) is 0 Å². The summed E-state index contributed by atoms with van der Waals surface area (Å²) < 4.78 is 8.82. The minimum atomic E-state index is 0.611. The van der Waals surface area contributed by atoms with Gasteiger partial charge in [-0.3, -0.25) is 0 Å². The predicted octanol–water partition coefficient (Wildman–Crippen LogP) is 14.0. The summed E-state index contributed by atoms with van der Waals surface area (Å²) >= 11 is 0. The first-order valence-electron chi connectivity index (χ1n) is 18.6. The van der Waals surface area contributed by atoms with Gasteiger partial charge >= 0.3 is 0 Å². The van der Waals surface area contributed by atoms with Crippen LogP contribution in [0.3, 0.4) is 0 Å². The summed E-state index contributed by atoms with van der Waals surface area (Å²) in [7, 11) is 0. The lowest BCUT2D eigenvalue weighted by molar-refractivity contribution is 0.620. The fourth-order valence-electron chi connectivity index (χ4n) is 8.17. The molecule has 2 aromatic heterocycles. The van der Waals surface area contributed by atoms with Crippen LogP contribution in [0.25, 0.3) is 82.7 Å². The Morgan fingerprint density at radius 2 is 1.07 bits per heavy atom. The molecule has 9 aromatic carbocycles. The standard InChI is InChI=1S/C51H33N3O/c1-3-14-36(15-4-1)51-52-46-27-25-43(33-49(46)55-51)53(41-20-11-17-38(31-41)39-23-22-34-12-7-8-16-37(34)30-39)42-26-29-47-45(32-42)50-44-21-10-9-13-35(44)24-28-48(50)54(47)40-18-5-2-6-19-40/h1-33H. The van der Waals surface area contributed by atoms with Crippen molar-refractivity contribution in [3.05, 3.63) is 200 Å². The number of nitrogens with zero attached hydrogens (tertiary/aromatic N) is 3. The van der Waals surface area contributed by atoms with Gasteiger partial charge in [-0.2, -0.15) is 0 Å². The van der Waals surface area contributed by atoms with Crippen LogP contribution in [0, 0.1) is 0 Å². The van der Waals surface area contributed by atoms with Gasteiger partial charge < -0.3 is 13.9 Å². The molecule has 11 rings (SSSR count). The number of para-hydroxylation sites is 1. The number of rotatable bonds is 6. The van der Waals surface area contributed by atoms with Crippen LogP contribution in [0.2, 0.25) is 0 Å². The van der Waals surface area contributed by atoms with Crippen LogP contribution < -0.4 is 4.90 Å². The van der Waals surface area contributed by atoms with Crippen molar-refractivity contribution in [2.24, 2.45) is 0 Å². The van der Waals surface area contributed by atoms with Crippen LogP contribution in [0.4, 0.5) is 17.1 Å². The molecule has 55 heavy (non-hydrogen) atoms. The van der Waals surface area contributed by atoms with Gasteiger partial charge in [-0.25, -0.2) is 4.98 Å². The zero-order chi connectivity index (χ0) is 36.3. The zero-order valence-electron chi connectivity index (χ0n) is 29.8. The molecule has 0 atom stereocenters. The van der Waals surface area contributed by atoms with E-state index in [2.05, 4.69) is 179 Å². The summed E-state index contributed by atoms with van der Waals surface area (Å²) in [6.45, 7) is 0. The Kier molecular flexibility index (Phi) is 7.14. The smallest absolute Gasteiger partial charge is 0.227 e. The van der Waals surface area contributed by atoms with Crippen molar-refractivity contribution in [2.75, 3.05) is 4.90 Å². The first kappa shape index (κ1) is 31.1. The average Bonchev–Trinajstić information content (AvgIpc) is 3.84. The number of hydrogen-bond donors (Lipinski definition) is 0. The van der Waals surface area contributed by atoms with Crippen LogP contribution in [0.15, 0.2) is 205 Å². The van der Waals surface area contributed by atoms with Gasteiger partial charge in [0, 0.05) is 45.2 Å². The maximum atomic E-state index is 6.44. The minimum Gasteiger partial charge on any atom is -0.436 e. The fourth-order valence-corrected chi connectivity index (χ4v) is 8.17. The summed E-state index contributed by atoms with van der Waals surface area (Å²) in [5, 5.41) is 7.34. The number of aromatic nitrogens is 2. The SMILES string of the molecule is c1ccc(-c2nc3ccc(N(c4cccc(-c5ccc6ccccc6c5)c4)c4ccc5c(c4)c4c6ccccc6ccc4n5-c4ccccc4)cc3o2)cc1. The van der Waals surface area contributed by atoms with Gasteiger partial charge in [0.1, 0.15) is 5.52 Å². The molecule has 0 aliphatic heterocycles. The van der Waals surface area contributed by atoms with Gasteiger partial charge in [-0.05, 0) is 112 Å². The third kappa shape index (κ3) is 5.26. The monoisotopic (exact) mass is 703 g/mol. The molecule has 0 aliphatic rings. The van der Waals surface area contributed by atoms with E-state index in [9.17, 15) is 0 Å². The van der Waals surface area contributed by atoms with Gasteiger partial charge in [0.05, 0.1) is 11.0 Å². The van der Waals surface area contributed by atoms with E-state index in [1.165, 1.54) is 43.4 Å². The Morgan fingerprint density at radius 1 is 0.418 bits per heavy atom. The predicted molar refractivity (Wildman–Crippen MR) is 229 cm³/mol. The molecule has 0 aliphatic carbocycles. The van der Waals surface area contributed by atoms with Crippen LogP contribution in [0.5, 0.6) is 0 Å². The Morgan fingerprint density at radius 3 is 1.95 bits per heavy atom. The largest absolute Gasteiger partial charge is 0.436 e. The maximum Gasteiger partial charge on any atom is 0.227 e. The van der Waals surface area contributed by atoms with Gasteiger partial charge in [0.15, 0.2) is 5.58 Å². The molecule has 0 fully saturated rings. The number of fused-ring (bicyclic) bond motifs is 7. The molecule has 2 heterocycles. The van der Waals surface area contributed by atoms with E-state index in [4.69, 9.17) is 9.40 Å². The fraction of sp³-hybridized carbons (Fsp3) is 0. The molecule has 0 saturated heterocycles. The molecular weight excluding hydrogens is 671 g/mol. The van der Waals surface area contributed by atoms with E-state index in [1.807, 2.05) is 30.3 Å². The molecule has 0 amide bonds. The first-order valence-corrected chi connectivity index (χ1v) is 18.6. The summed E-state index contributed by atoms with van der Waals surface area (Å²) in [4.78, 5) is 7.19. The topological polar surface area (TPSA) is 34.2 Å². The average molecular weight is 704 g/mol. The molecule has 4 nitrogen and oxygen atoms in total. The molecule has 0 spiro atoms. The number of benzene rings is 9. The minimum absolute atomic E-state index is 0.611. The Labute approximate surface area is 317 Å². The van der Waals surface area contributed by atoms with E-state index in [0.717, 1.165) is 50.5 Å². The number of oxazole rings is 1. The molecule has 11 aromatic rings. The van der Waals surface area contributed by atoms with Crippen molar-refractivity contribution < 1.29 is 4.42 Å². The highest BCUT2D eigenvalue weighted by atomic mass is 16.3. The van der Waals surface area contributed by atoms with Crippen molar-refractivity contribution in [1.29, 1.82) is 0 Å². The molecule has 0 radical (unpaired) electrons. The molecule has 258 valence electrons. The molecule has 0 N–H and O–H groups in total. The second kappa shape index (κ2) is 12.6. The summed E-state index contributed by atoms with van der Waals surface area (Å²) in [5.74, 6) is 0.611. The third-order valence-electron chi connectivity index (χ3n) is 10.7. The summed E-state index contributed by atoms with van der Waals surface area (Å²) in [6, 6.07) is 71.2. The number of anilines is 3. The highest BCUT2D eigenvalue weighted by Gasteiger charge is 2.20. The summed E-state index contributed by atoms with van der Waals surface area (Å²) in [6.07, 6.45) is 0. The lowest BCUT2D eigenvalue weighted by atomic mass is 10.00. The Bertz CT molecular complexity index is 3210. The van der Waals surface area contributed by atoms with Gasteiger partial charge in [0.2, 0.25) is 5.89 Å². The zero-order valence-corrected chi connectivity index (χ0v) is 29.8. The van der Waals surface area contributed by atoms with Crippen molar-refractivity contribution >= 4 is 71.5 Å². The van der Waals surface area contributed by atoms with Crippen molar-refractivity contribution in [3.63, 3.8) is 0 Å². The van der Waals surface area contributed by atoms with Crippen LogP contribution in [-0.4, -0.2) is 9.55 Å². The van der Waals surface area contributed by atoms with Gasteiger partial charge in [-0.1, -0.05) is 115 Å². The normalized spacial score (nSPS) is 11.6. The van der Waals surface area contributed by atoms with Crippen LogP contribution >= 0.6 is 0 Å². The Balaban J connectivity index is 1.14. The second-order valence-corrected chi connectivity index (χ2v) is 14.0. The molecular formula is C51H33N3O. The van der Waals surface area contributed by atoms with E-state index in [-0.39, 0.29) is 0 Å². The highest BCUT2D eigenvalue weighted by molar-refractivity contribution is 6.22. The van der Waals surface area contributed by atoms with Crippen LogP contribution in [-0.2, 0) is 0 Å². The number of hydrogen-bond acceptors (Lipinski definition) is 3. The quantitative estimate of drug-likeness (QED) is 0.173. The first-order chi connectivity index (χ1) is 27.2. The van der Waals surface area contributed by atoms with E-state index in [0.29, 0.717) is 5.89 Å².